The van der Waals surface area contributed by atoms with E-state index in [0.29, 0.717) is 0 Å². The number of rotatable bonds is 6. The lowest BCUT2D eigenvalue weighted by atomic mass is 10.1. The van der Waals surface area contributed by atoms with E-state index in [0.717, 1.165) is 30.0 Å². The highest BCUT2D eigenvalue weighted by Gasteiger charge is 2.30. The molecule has 1 heterocycles. The van der Waals surface area contributed by atoms with Crippen molar-refractivity contribution < 1.29 is 31.9 Å². The maximum atomic E-state index is 12.7. The van der Waals surface area contributed by atoms with E-state index in [2.05, 4.69) is 20.3 Å². The second-order valence-corrected chi connectivity index (χ2v) is 6.30. The fourth-order valence-electron chi connectivity index (χ4n) is 1.82. The molecule has 1 atom stereocenters. The molecular formula is C15H14F3N3O4S. The largest absolute Gasteiger partial charge is 0.468 e. The van der Waals surface area contributed by atoms with Gasteiger partial charge in [-0.15, -0.1) is 10.2 Å². The summed E-state index contributed by atoms with van der Waals surface area (Å²) in [5.41, 5.74) is -1.06. The molecule has 1 aromatic carbocycles. The number of carbonyl (C=O) groups is 2. The predicted molar refractivity (Wildman–Crippen MR) is 84.2 cm³/mol. The second kappa shape index (κ2) is 8.21. The van der Waals surface area contributed by atoms with E-state index in [4.69, 9.17) is 4.42 Å². The molecular weight excluding hydrogens is 375 g/mol. The van der Waals surface area contributed by atoms with Gasteiger partial charge in [0.2, 0.25) is 5.89 Å². The van der Waals surface area contributed by atoms with Crippen LogP contribution in [0.5, 0.6) is 0 Å². The van der Waals surface area contributed by atoms with E-state index < -0.39 is 28.9 Å². The number of carbonyl (C=O) groups excluding carboxylic acids is 2. The number of halogens is 3. The summed E-state index contributed by atoms with van der Waals surface area (Å²) in [5.74, 6) is -1.14. The van der Waals surface area contributed by atoms with Gasteiger partial charge in [-0.2, -0.15) is 13.2 Å². The minimum atomic E-state index is -4.54. The van der Waals surface area contributed by atoms with Crippen molar-refractivity contribution in [2.24, 2.45) is 0 Å². The van der Waals surface area contributed by atoms with Gasteiger partial charge in [-0.25, -0.2) is 0 Å². The summed E-state index contributed by atoms with van der Waals surface area (Å²) >= 11 is 0.980. The van der Waals surface area contributed by atoms with Crippen molar-refractivity contribution >= 4 is 23.6 Å². The molecule has 0 radical (unpaired) electrons. The van der Waals surface area contributed by atoms with Gasteiger partial charge in [-0.1, -0.05) is 17.8 Å². The van der Waals surface area contributed by atoms with Crippen LogP contribution < -0.4 is 5.32 Å². The molecule has 2 aromatic rings. The third-order valence-corrected chi connectivity index (χ3v) is 4.02. The number of thioether (sulfide) groups is 1. The van der Waals surface area contributed by atoms with Crippen molar-refractivity contribution in [2.45, 2.75) is 30.1 Å². The molecule has 1 N–H and O–H groups in total. The fourth-order valence-corrected chi connectivity index (χ4v) is 2.54. The quantitative estimate of drug-likeness (QED) is 0.600. The van der Waals surface area contributed by atoms with Crippen molar-refractivity contribution in [2.75, 3.05) is 7.11 Å². The monoisotopic (exact) mass is 389 g/mol. The van der Waals surface area contributed by atoms with Crippen LogP contribution in [0.3, 0.4) is 0 Å². The lowest BCUT2D eigenvalue weighted by molar-refractivity contribution is -0.139. The zero-order valence-electron chi connectivity index (χ0n) is 13.7. The van der Waals surface area contributed by atoms with Crippen LogP contribution in [0.2, 0.25) is 0 Å². The summed E-state index contributed by atoms with van der Waals surface area (Å²) in [6.07, 6.45) is -4.54. The SMILES string of the molecule is COC(=O)[C@@H](C)Sc1nnc(CNC(=O)c2cccc(C(F)(F)F)c2)o1. The molecule has 26 heavy (non-hydrogen) atoms. The third-order valence-electron chi connectivity index (χ3n) is 3.11. The molecule has 0 saturated heterocycles. The van der Waals surface area contributed by atoms with Crippen molar-refractivity contribution in [3.8, 4) is 0 Å². The molecule has 0 aliphatic heterocycles. The summed E-state index contributed by atoms with van der Waals surface area (Å²) < 4.78 is 47.8. The van der Waals surface area contributed by atoms with Crippen LogP contribution in [0.1, 0.15) is 28.7 Å². The van der Waals surface area contributed by atoms with Gasteiger partial charge < -0.3 is 14.5 Å². The molecule has 1 amide bonds. The van der Waals surface area contributed by atoms with Crippen LogP contribution >= 0.6 is 11.8 Å². The van der Waals surface area contributed by atoms with Crippen LogP contribution in [0.25, 0.3) is 0 Å². The minimum Gasteiger partial charge on any atom is -0.468 e. The third kappa shape index (κ3) is 5.22. The van der Waals surface area contributed by atoms with Gasteiger partial charge in [0, 0.05) is 5.56 Å². The summed E-state index contributed by atoms with van der Waals surface area (Å²) in [5, 5.41) is 9.33. The summed E-state index contributed by atoms with van der Waals surface area (Å²) in [6.45, 7) is 1.42. The van der Waals surface area contributed by atoms with Crippen LogP contribution in [0.4, 0.5) is 13.2 Å². The van der Waals surface area contributed by atoms with Crippen molar-refractivity contribution in [3.63, 3.8) is 0 Å². The van der Waals surface area contributed by atoms with Gasteiger partial charge in [0.15, 0.2) is 0 Å². The number of aromatic nitrogens is 2. The minimum absolute atomic E-state index is 0.0462. The highest BCUT2D eigenvalue weighted by molar-refractivity contribution is 8.00. The second-order valence-electron chi connectivity index (χ2n) is 5.01. The first kappa shape index (κ1) is 19.8. The molecule has 0 saturated carbocycles. The number of benzene rings is 1. The molecule has 1 aromatic heterocycles. The van der Waals surface area contributed by atoms with E-state index in [1.165, 1.54) is 13.2 Å². The zero-order valence-corrected chi connectivity index (χ0v) is 14.5. The predicted octanol–water partition coefficient (Wildman–Crippen LogP) is 2.67. The lowest BCUT2D eigenvalue weighted by Gasteiger charge is -2.08. The molecule has 0 aliphatic rings. The van der Waals surface area contributed by atoms with Gasteiger partial charge in [-0.05, 0) is 25.1 Å². The number of hydrogen-bond acceptors (Lipinski definition) is 7. The van der Waals surface area contributed by atoms with Crippen LogP contribution in [0, 0.1) is 0 Å². The first-order chi connectivity index (χ1) is 12.2. The topological polar surface area (TPSA) is 94.3 Å². The zero-order chi connectivity index (χ0) is 19.3. The Kier molecular flexibility index (Phi) is 6.24. The van der Waals surface area contributed by atoms with E-state index in [-0.39, 0.29) is 23.2 Å². The lowest BCUT2D eigenvalue weighted by Crippen LogP contribution is -2.23. The maximum Gasteiger partial charge on any atom is 0.416 e. The van der Waals surface area contributed by atoms with Crippen molar-refractivity contribution in [3.05, 3.63) is 41.3 Å². The number of amides is 1. The Morgan fingerprint density at radius 2 is 2.08 bits per heavy atom. The molecule has 11 heteroatoms. The maximum absolute atomic E-state index is 12.7. The van der Waals surface area contributed by atoms with Gasteiger partial charge >= 0.3 is 12.1 Å². The number of nitrogens with zero attached hydrogens (tertiary/aromatic N) is 2. The number of alkyl halides is 3. The first-order valence-electron chi connectivity index (χ1n) is 7.23. The number of methoxy groups -OCH3 is 1. The molecule has 0 fully saturated rings. The molecule has 0 spiro atoms. The Morgan fingerprint density at radius 3 is 2.73 bits per heavy atom. The highest BCUT2D eigenvalue weighted by Crippen LogP contribution is 2.29. The van der Waals surface area contributed by atoms with Gasteiger partial charge in [-0.3, -0.25) is 9.59 Å². The Hall–Kier alpha value is -2.56. The average molecular weight is 389 g/mol. The molecule has 2 rings (SSSR count). The highest BCUT2D eigenvalue weighted by atomic mass is 32.2. The van der Waals surface area contributed by atoms with Crippen molar-refractivity contribution in [1.29, 1.82) is 0 Å². The number of ether oxygens (including phenoxy) is 1. The van der Waals surface area contributed by atoms with E-state index in [9.17, 15) is 22.8 Å². The molecule has 7 nitrogen and oxygen atoms in total. The Balaban J connectivity index is 1.95. The first-order valence-corrected chi connectivity index (χ1v) is 8.11. The number of hydrogen-bond donors (Lipinski definition) is 1. The van der Waals surface area contributed by atoms with Gasteiger partial charge in [0.25, 0.3) is 11.1 Å². The molecule has 0 aliphatic carbocycles. The number of esters is 1. The molecule has 0 unspecified atom stereocenters. The van der Waals surface area contributed by atoms with E-state index in [1.807, 2.05) is 0 Å². The molecule has 140 valence electrons. The van der Waals surface area contributed by atoms with Crippen LogP contribution in [-0.2, 0) is 22.3 Å². The smallest absolute Gasteiger partial charge is 0.416 e. The van der Waals surface area contributed by atoms with E-state index in [1.54, 1.807) is 6.92 Å². The summed E-state index contributed by atoms with van der Waals surface area (Å²) in [6, 6.07) is 4.04. The standard InChI is InChI=1S/C15H14F3N3O4S/c1-8(13(23)24-2)26-14-21-20-11(25-14)7-19-12(22)9-4-3-5-10(6-9)15(16,17)18/h3-6,8H,7H2,1-2H3,(H,19,22)/t8-/m1/s1. The van der Waals surface area contributed by atoms with Crippen LogP contribution in [-0.4, -0.2) is 34.4 Å². The van der Waals surface area contributed by atoms with Gasteiger partial charge in [0.05, 0.1) is 19.2 Å². The Bertz CT molecular complexity index is 794. The normalized spacial score (nSPS) is 12.5. The average Bonchev–Trinajstić information content (AvgIpc) is 3.05. The van der Waals surface area contributed by atoms with Gasteiger partial charge in [0.1, 0.15) is 5.25 Å². The molecule has 0 bridgehead atoms. The fraction of sp³-hybridized carbons (Fsp3) is 0.333. The Morgan fingerprint density at radius 1 is 1.35 bits per heavy atom. The van der Waals surface area contributed by atoms with Crippen molar-refractivity contribution in [1.82, 2.24) is 15.5 Å². The van der Waals surface area contributed by atoms with E-state index >= 15 is 0 Å². The summed E-state index contributed by atoms with van der Waals surface area (Å²) in [4.78, 5) is 23.3. The van der Waals surface area contributed by atoms with Crippen LogP contribution in [0.15, 0.2) is 33.9 Å². The summed E-state index contributed by atoms with van der Waals surface area (Å²) in [7, 11) is 1.25. The Labute approximate surface area is 150 Å². The number of nitrogens with one attached hydrogen (secondary N) is 1.